The van der Waals surface area contributed by atoms with Crippen molar-refractivity contribution in [3.63, 3.8) is 0 Å². The summed E-state index contributed by atoms with van der Waals surface area (Å²) in [4.78, 5) is 10.9. The second-order valence-electron chi connectivity index (χ2n) is 3.45. The summed E-state index contributed by atoms with van der Waals surface area (Å²) in [7, 11) is 1.55. The van der Waals surface area contributed by atoms with Crippen LogP contribution >= 0.6 is 0 Å². The quantitative estimate of drug-likeness (QED) is 0.823. The molecule has 0 fully saturated rings. The van der Waals surface area contributed by atoms with Crippen LogP contribution < -0.4 is 15.4 Å². The van der Waals surface area contributed by atoms with E-state index < -0.39 is 0 Å². The van der Waals surface area contributed by atoms with E-state index in [2.05, 4.69) is 10.6 Å². The van der Waals surface area contributed by atoms with Gasteiger partial charge in [-0.15, -0.1) is 0 Å². The molecule has 4 nitrogen and oxygen atoms in total. The number of carbonyl (C=O) groups is 1. The van der Waals surface area contributed by atoms with Crippen LogP contribution in [0.2, 0.25) is 0 Å². The fourth-order valence-corrected chi connectivity index (χ4v) is 1.38. The molecule has 0 saturated carbocycles. The number of hydrogen-bond acceptors (Lipinski definition) is 2. The molecule has 1 aromatic rings. The van der Waals surface area contributed by atoms with Crippen molar-refractivity contribution in [2.45, 2.75) is 13.3 Å². The molecule has 0 unspecified atom stereocenters. The van der Waals surface area contributed by atoms with E-state index in [9.17, 15) is 9.18 Å². The van der Waals surface area contributed by atoms with Gasteiger partial charge in [-0.2, -0.15) is 0 Å². The standard InChI is InChI=1S/C12H17FN2O2/c1-3-17-11-5-4-9(8-10(11)13)6-7-15-12(16)14-2/h4-5,8H,3,6-7H2,1-2H3,(H2,14,15,16). The molecule has 0 atom stereocenters. The second kappa shape index (κ2) is 6.73. The molecule has 0 heterocycles. The molecule has 94 valence electrons. The minimum absolute atomic E-state index is 0.239. The van der Waals surface area contributed by atoms with Gasteiger partial charge in [0.2, 0.25) is 0 Å². The maximum atomic E-state index is 13.5. The van der Waals surface area contributed by atoms with E-state index in [4.69, 9.17) is 4.74 Å². The lowest BCUT2D eigenvalue weighted by Gasteiger charge is -2.07. The van der Waals surface area contributed by atoms with Gasteiger partial charge in [-0.25, -0.2) is 9.18 Å². The smallest absolute Gasteiger partial charge is 0.314 e. The highest BCUT2D eigenvalue weighted by molar-refractivity contribution is 5.73. The Balaban J connectivity index is 2.50. The van der Waals surface area contributed by atoms with E-state index in [0.717, 1.165) is 5.56 Å². The molecule has 0 radical (unpaired) electrons. The molecule has 5 heteroatoms. The average Bonchev–Trinajstić information content (AvgIpc) is 2.32. The zero-order valence-corrected chi connectivity index (χ0v) is 10.0. The van der Waals surface area contributed by atoms with Crippen LogP contribution in [0.15, 0.2) is 18.2 Å². The molecule has 0 spiro atoms. The monoisotopic (exact) mass is 240 g/mol. The lowest BCUT2D eigenvalue weighted by atomic mass is 10.1. The first kappa shape index (κ1) is 13.3. The molecule has 2 amide bonds. The van der Waals surface area contributed by atoms with E-state index in [0.29, 0.717) is 19.6 Å². The third kappa shape index (κ3) is 4.30. The fourth-order valence-electron chi connectivity index (χ4n) is 1.38. The third-order valence-corrected chi connectivity index (χ3v) is 2.22. The molecule has 1 aromatic carbocycles. The van der Waals surface area contributed by atoms with E-state index >= 15 is 0 Å². The Kier molecular flexibility index (Phi) is 5.26. The van der Waals surface area contributed by atoms with Gasteiger partial charge in [-0.05, 0) is 31.0 Å². The highest BCUT2D eigenvalue weighted by Gasteiger charge is 2.04. The molecule has 2 N–H and O–H groups in total. The van der Waals surface area contributed by atoms with Crippen molar-refractivity contribution in [3.05, 3.63) is 29.6 Å². The Hall–Kier alpha value is -1.78. The van der Waals surface area contributed by atoms with Crippen LogP contribution in [0.4, 0.5) is 9.18 Å². The Morgan fingerprint density at radius 1 is 1.47 bits per heavy atom. The maximum absolute atomic E-state index is 13.5. The fraction of sp³-hybridized carbons (Fsp3) is 0.417. The van der Waals surface area contributed by atoms with Crippen molar-refractivity contribution in [2.75, 3.05) is 20.2 Å². The van der Waals surface area contributed by atoms with Gasteiger partial charge in [0.15, 0.2) is 11.6 Å². The van der Waals surface area contributed by atoms with Crippen LogP contribution in [0.25, 0.3) is 0 Å². The largest absolute Gasteiger partial charge is 0.491 e. The Morgan fingerprint density at radius 2 is 2.24 bits per heavy atom. The lowest BCUT2D eigenvalue weighted by Crippen LogP contribution is -2.33. The number of amides is 2. The van der Waals surface area contributed by atoms with Crippen LogP contribution in [0.3, 0.4) is 0 Å². The SMILES string of the molecule is CCOc1ccc(CCNC(=O)NC)cc1F. The lowest BCUT2D eigenvalue weighted by molar-refractivity contribution is 0.243. The molecular weight excluding hydrogens is 223 g/mol. The van der Waals surface area contributed by atoms with Gasteiger partial charge in [0.1, 0.15) is 0 Å². The van der Waals surface area contributed by atoms with Gasteiger partial charge in [-0.3, -0.25) is 0 Å². The van der Waals surface area contributed by atoms with Crippen LogP contribution in [0, 0.1) is 5.82 Å². The number of hydrogen-bond donors (Lipinski definition) is 2. The highest BCUT2D eigenvalue weighted by Crippen LogP contribution is 2.18. The first-order valence-electron chi connectivity index (χ1n) is 5.54. The van der Waals surface area contributed by atoms with E-state index in [-0.39, 0.29) is 17.6 Å². The van der Waals surface area contributed by atoms with Crippen molar-refractivity contribution in [3.8, 4) is 5.75 Å². The van der Waals surface area contributed by atoms with Crippen LogP contribution in [-0.2, 0) is 6.42 Å². The number of carbonyl (C=O) groups excluding carboxylic acids is 1. The molecule has 1 rings (SSSR count). The van der Waals surface area contributed by atoms with Gasteiger partial charge < -0.3 is 15.4 Å². The normalized spacial score (nSPS) is 9.82. The van der Waals surface area contributed by atoms with Gasteiger partial charge in [-0.1, -0.05) is 6.07 Å². The topological polar surface area (TPSA) is 50.4 Å². The highest BCUT2D eigenvalue weighted by atomic mass is 19.1. The number of nitrogens with one attached hydrogen (secondary N) is 2. The van der Waals surface area contributed by atoms with Gasteiger partial charge in [0.25, 0.3) is 0 Å². The molecule has 0 bridgehead atoms. The summed E-state index contributed by atoms with van der Waals surface area (Å²) in [6.07, 6.45) is 0.580. The first-order valence-corrected chi connectivity index (χ1v) is 5.54. The zero-order valence-electron chi connectivity index (χ0n) is 10.0. The minimum atomic E-state index is -0.371. The van der Waals surface area contributed by atoms with Crippen molar-refractivity contribution < 1.29 is 13.9 Å². The van der Waals surface area contributed by atoms with Crippen LogP contribution in [0.1, 0.15) is 12.5 Å². The van der Waals surface area contributed by atoms with Crippen molar-refractivity contribution in [1.29, 1.82) is 0 Å². The maximum Gasteiger partial charge on any atom is 0.314 e. The van der Waals surface area contributed by atoms with Crippen LogP contribution in [0.5, 0.6) is 5.75 Å². The molecule has 0 aliphatic carbocycles. The van der Waals surface area contributed by atoms with Crippen molar-refractivity contribution in [1.82, 2.24) is 10.6 Å². The summed E-state index contributed by atoms with van der Waals surface area (Å²) >= 11 is 0. The molecular formula is C12H17FN2O2. The molecule has 17 heavy (non-hydrogen) atoms. The summed E-state index contributed by atoms with van der Waals surface area (Å²) in [5.74, 6) is -0.111. The van der Waals surface area contributed by atoms with Crippen molar-refractivity contribution >= 4 is 6.03 Å². The molecule has 0 aromatic heterocycles. The molecule has 0 aliphatic heterocycles. The summed E-state index contributed by atoms with van der Waals surface area (Å²) in [5, 5.41) is 5.08. The first-order chi connectivity index (χ1) is 8.17. The van der Waals surface area contributed by atoms with Gasteiger partial charge in [0.05, 0.1) is 6.61 Å². The number of halogens is 1. The van der Waals surface area contributed by atoms with Crippen molar-refractivity contribution in [2.24, 2.45) is 0 Å². The Labute approximate surface area is 100 Å². The predicted octanol–water partition coefficient (Wildman–Crippen LogP) is 1.70. The minimum Gasteiger partial charge on any atom is -0.491 e. The van der Waals surface area contributed by atoms with Crippen LogP contribution in [-0.4, -0.2) is 26.2 Å². The van der Waals surface area contributed by atoms with E-state index in [1.807, 2.05) is 0 Å². The van der Waals surface area contributed by atoms with Gasteiger partial charge >= 0.3 is 6.03 Å². The summed E-state index contributed by atoms with van der Waals surface area (Å²) in [5.41, 5.74) is 0.822. The van der Waals surface area contributed by atoms with Gasteiger partial charge in [0, 0.05) is 13.6 Å². The summed E-state index contributed by atoms with van der Waals surface area (Å²) in [6.45, 7) is 2.71. The van der Waals surface area contributed by atoms with E-state index in [1.165, 1.54) is 6.07 Å². The summed E-state index contributed by atoms with van der Waals surface area (Å²) < 4.78 is 18.6. The number of rotatable bonds is 5. The summed E-state index contributed by atoms with van der Waals surface area (Å²) in [6, 6.07) is 4.58. The number of urea groups is 1. The average molecular weight is 240 g/mol. The van der Waals surface area contributed by atoms with E-state index in [1.54, 1.807) is 26.1 Å². The second-order valence-corrected chi connectivity index (χ2v) is 3.45. The Bertz CT molecular complexity index is 383. The number of ether oxygens (including phenoxy) is 1. The third-order valence-electron chi connectivity index (χ3n) is 2.22. The molecule has 0 aliphatic rings. The molecule has 0 saturated heterocycles. The predicted molar refractivity (Wildman–Crippen MR) is 63.7 cm³/mol. The Morgan fingerprint density at radius 3 is 2.82 bits per heavy atom. The number of benzene rings is 1. The zero-order chi connectivity index (χ0) is 12.7.